The number of rotatable bonds is 2. The average molecular weight is 179 g/mol. The summed E-state index contributed by atoms with van der Waals surface area (Å²) in [4.78, 5) is 10.3. The molecule has 0 bridgehead atoms. The molecule has 0 fully saturated rings. The van der Waals surface area contributed by atoms with Gasteiger partial charge in [0, 0.05) is 0 Å². The highest BCUT2D eigenvalue weighted by Gasteiger charge is 2.20. The predicted octanol–water partition coefficient (Wildman–Crippen LogP) is 0.423. The van der Waals surface area contributed by atoms with Gasteiger partial charge in [-0.05, 0) is 6.92 Å². The van der Waals surface area contributed by atoms with E-state index in [2.05, 4.69) is 10.4 Å². The Morgan fingerprint density at radius 2 is 2.69 bits per heavy atom. The SMILES string of the molecule is CCOc1cnn2c1NC(=C=O)C2. The molecular weight excluding hydrogens is 170 g/mol. The lowest BCUT2D eigenvalue weighted by Crippen LogP contribution is -1.96. The van der Waals surface area contributed by atoms with E-state index in [9.17, 15) is 4.79 Å². The van der Waals surface area contributed by atoms with Gasteiger partial charge in [-0.25, -0.2) is 9.48 Å². The van der Waals surface area contributed by atoms with Crippen molar-refractivity contribution in [3.05, 3.63) is 11.9 Å². The number of nitrogens with zero attached hydrogens (tertiary/aromatic N) is 2. The first-order chi connectivity index (χ1) is 6.35. The van der Waals surface area contributed by atoms with Gasteiger partial charge in [0.15, 0.2) is 11.6 Å². The summed E-state index contributed by atoms with van der Waals surface area (Å²) < 4.78 is 6.96. The van der Waals surface area contributed by atoms with Gasteiger partial charge in [0.25, 0.3) is 0 Å². The van der Waals surface area contributed by atoms with E-state index in [1.165, 1.54) is 0 Å². The van der Waals surface area contributed by atoms with Crippen LogP contribution in [0.5, 0.6) is 5.75 Å². The van der Waals surface area contributed by atoms with Crippen LogP contribution in [0.2, 0.25) is 0 Å². The van der Waals surface area contributed by atoms with E-state index < -0.39 is 0 Å². The molecule has 0 radical (unpaired) electrons. The summed E-state index contributed by atoms with van der Waals surface area (Å²) in [5, 5.41) is 6.93. The van der Waals surface area contributed by atoms with Crippen molar-refractivity contribution in [2.45, 2.75) is 13.5 Å². The Labute approximate surface area is 75.0 Å². The summed E-state index contributed by atoms with van der Waals surface area (Å²) in [7, 11) is 0. The fraction of sp³-hybridized carbons (Fsp3) is 0.375. The van der Waals surface area contributed by atoms with Crippen molar-refractivity contribution >= 4 is 11.8 Å². The first-order valence-electron chi connectivity index (χ1n) is 4.04. The van der Waals surface area contributed by atoms with E-state index in [4.69, 9.17) is 4.74 Å². The monoisotopic (exact) mass is 179 g/mol. The maximum absolute atomic E-state index is 10.3. The molecule has 0 saturated heterocycles. The number of hydrogen-bond donors (Lipinski definition) is 1. The van der Waals surface area contributed by atoms with Crippen LogP contribution in [0, 0.1) is 0 Å². The molecule has 2 heterocycles. The van der Waals surface area contributed by atoms with Gasteiger partial charge in [-0.2, -0.15) is 5.10 Å². The second kappa shape index (κ2) is 2.95. The Hall–Kier alpha value is -1.74. The van der Waals surface area contributed by atoms with Crippen molar-refractivity contribution < 1.29 is 9.53 Å². The third kappa shape index (κ3) is 1.19. The van der Waals surface area contributed by atoms with Crippen LogP contribution >= 0.6 is 0 Å². The largest absolute Gasteiger partial charge is 0.488 e. The second-order valence-corrected chi connectivity index (χ2v) is 2.65. The van der Waals surface area contributed by atoms with E-state index >= 15 is 0 Å². The Bertz CT molecular complexity index is 377. The smallest absolute Gasteiger partial charge is 0.181 e. The third-order valence-corrected chi connectivity index (χ3v) is 1.81. The summed E-state index contributed by atoms with van der Waals surface area (Å²) in [6, 6.07) is 0. The number of nitrogens with one attached hydrogen (secondary N) is 1. The Kier molecular flexibility index (Phi) is 1.79. The van der Waals surface area contributed by atoms with Gasteiger partial charge in [-0.3, -0.25) is 0 Å². The number of hydrogen-bond acceptors (Lipinski definition) is 4. The van der Waals surface area contributed by atoms with Crippen LogP contribution in [-0.4, -0.2) is 22.3 Å². The summed E-state index contributed by atoms with van der Waals surface area (Å²) >= 11 is 0. The highest BCUT2D eigenvalue weighted by molar-refractivity contribution is 5.66. The zero-order chi connectivity index (χ0) is 9.26. The standard InChI is InChI=1S/C8H9N3O2/c1-2-13-7-3-9-11-4-6(5-12)10-8(7)11/h3,10H,2,4H2,1H3. The van der Waals surface area contributed by atoms with Crippen LogP contribution in [0.1, 0.15) is 6.92 Å². The molecule has 5 nitrogen and oxygen atoms in total. The summed E-state index contributed by atoms with van der Waals surface area (Å²) in [6.45, 7) is 2.93. The molecule has 0 aliphatic carbocycles. The molecule has 0 atom stereocenters. The summed E-state index contributed by atoms with van der Waals surface area (Å²) in [5.41, 5.74) is 0.490. The molecule has 1 aliphatic rings. The van der Waals surface area contributed by atoms with E-state index in [1.54, 1.807) is 16.8 Å². The first kappa shape index (κ1) is 7.89. The molecule has 1 N–H and O–H groups in total. The lowest BCUT2D eigenvalue weighted by molar-refractivity contribution is 0.342. The van der Waals surface area contributed by atoms with Crippen LogP contribution in [0.3, 0.4) is 0 Å². The van der Waals surface area contributed by atoms with Gasteiger partial charge in [0.05, 0.1) is 19.3 Å². The molecule has 0 aromatic carbocycles. The molecule has 0 unspecified atom stereocenters. The summed E-state index contributed by atoms with van der Waals surface area (Å²) in [6.07, 6.45) is 1.63. The first-order valence-corrected chi connectivity index (χ1v) is 4.04. The van der Waals surface area contributed by atoms with Crippen LogP contribution in [0.25, 0.3) is 0 Å². The van der Waals surface area contributed by atoms with Gasteiger partial charge < -0.3 is 10.1 Å². The van der Waals surface area contributed by atoms with Crippen molar-refractivity contribution in [1.29, 1.82) is 0 Å². The van der Waals surface area contributed by atoms with Crippen LogP contribution in [-0.2, 0) is 11.3 Å². The maximum atomic E-state index is 10.3. The fourth-order valence-corrected chi connectivity index (χ4v) is 1.27. The van der Waals surface area contributed by atoms with Crippen molar-refractivity contribution in [1.82, 2.24) is 9.78 Å². The van der Waals surface area contributed by atoms with E-state index in [-0.39, 0.29) is 0 Å². The molecule has 1 aromatic rings. The molecule has 2 rings (SSSR count). The molecular formula is C8H9N3O2. The van der Waals surface area contributed by atoms with Gasteiger partial charge in [-0.15, -0.1) is 0 Å². The molecule has 0 saturated carbocycles. The highest BCUT2D eigenvalue weighted by atomic mass is 16.5. The molecule has 0 amide bonds. The quantitative estimate of drug-likeness (QED) is 0.668. The molecule has 13 heavy (non-hydrogen) atoms. The minimum Gasteiger partial charge on any atom is -0.488 e. The number of fused-ring (bicyclic) bond motifs is 1. The van der Waals surface area contributed by atoms with Crippen molar-refractivity contribution in [3.8, 4) is 5.75 Å². The normalized spacial score (nSPS) is 13.5. The van der Waals surface area contributed by atoms with Gasteiger partial charge >= 0.3 is 0 Å². The van der Waals surface area contributed by atoms with Crippen molar-refractivity contribution in [3.63, 3.8) is 0 Å². The second-order valence-electron chi connectivity index (χ2n) is 2.65. The van der Waals surface area contributed by atoms with Crippen LogP contribution in [0.15, 0.2) is 11.9 Å². The number of ether oxygens (including phenoxy) is 1. The highest BCUT2D eigenvalue weighted by Crippen LogP contribution is 2.29. The van der Waals surface area contributed by atoms with Crippen LogP contribution < -0.4 is 10.1 Å². The fourth-order valence-electron chi connectivity index (χ4n) is 1.27. The van der Waals surface area contributed by atoms with Gasteiger partial charge in [-0.1, -0.05) is 0 Å². The Morgan fingerprint density at radius 1 is 1.85 bits per heavy atom. The Morgan fingerprint density at radius 3 is 3.38 bits per heavy atom. The van der Waals surface area contributed by atoms with Crippen molar-refractivity contribution in [2.24, 2.45) is 0 Å². The maximum Gasteiger partial charge on any atom is 0.181 e. The zero-order valence-electron chi connectivity index (χ0n) is 7.20. The van der Waals surface area contributed by atoms with E-state index in [0.29, 0.717) is 24.6 Å². The minimum atomic E-state index is 0.450. The number of carbonyl (C=O) groups excluding carboxylic acids is 1. The lowest BCUT2D eigenvalue weighted by atomic mass is 10.5. The summed E-state index contributed by atoms with van der Waals surface area (Å²) in [5.74, 6) is 3.22. The average Bonchev–Trinajstić information content (AvgIpc) is 2.67. The number of anilines is 1. The zero-order valence-corrected chi connectivity index (χ0v) is 7.20. The molecule has 68 valence electrons. The number of aromatic nitrogens is 2. The molecule has 1 aliphatic heterocycles. The molecule has 1 aromatic heterocycles. The number of allylic oxidation sites excluding steroid dienone is 1. The van der Waals surface area contributed by atoms with E-state index in [1.807, 2.05) is 6.92 Å². The minimum absolute atomic E-state index is 0.450. The van der Waals surface area contributed by atoms with Crippen molar-refractivity contribution in [2.75, 3.05) is 11.9 Å². The Balaban J connectivity index is 2.31. The third-order valence-electron chi connectivity index (χ3n) is 1.81. The van der Waals surface area contributed by atoms with Crippen LogP contribution in [0.4, 0.5) is 5.82 Å². The lowest BCUT2D eigenvalue weighted by Gasteiger charge is -2.00. The van der Waals surface area contributed by atoms with Gasteiger partial charge in [0.2, 0.25) is 0 Å². The topological polar surface area (TPSA) is 56.1 Å². The predicted molar refractivity (Wildman–Crippen MR) is 46.2 cm³/mol. The van der Waals surface area contributed by atoms with E-state index in [0.717, 1.165) is 5.82 Å². The van der Waals surface area contributed by atoms with Gasteiger partial charge in [0.1, 0.15) is 11.6 Å². The molecule has 5 heteroatoms. The molecule has 0 spiro atoms.